The molecule has 1 saturated heterocycles. The number of nitrogens with one attached hydrogen (secondary N) is 2. The summed E-state index contributed by atoms with van der Waals surface area (Å²) in [7, 11) is 1.60. The molecule has 1 aromatic heterocycles. The number of hydrogen-bond donors (Lipinski definition) is 2. The van der Waals surface area contributed by atoms with Crippen LogP contribution in [0, 0.1) is 0 Å². The van der Waals surface area contributed by atoms with Crippen molar-refractivity contribution in [3.05, 3.63) is 48.5 Å². The number of para-hydroxylation sites is 1. The summed E-state index contributed by atoms with van der Waals surface area (Å²) in [6.45, 7) is 1.53. The van der Waals surface area contributed by atoms with Gasteiger partial charge >= 0.3 is 0 Å². The van der Waals surface area contributed by atoms with Crippen LogP contribution in [0.4, 0.5) is 11.5 Å². The number of rotatable bonds is 8. The zero-order chi connectivity index (χ0) is 20.8. The SMILES string of the molecule is COc1cccc(NC(=O)CSc2nc(NCC3CCCO3)c3ccccc3n2)c1. The molecule has 1 atom stereocenters. The van der Waals surface area contributed by atoms with Crippen molar-refractivity contribution >= 4 is 40.1 Å². The molecule has 1 unspecified atom stereocenters. The van der Waals surface area contributed by atoms with Crippen molar-refractivity contribution in [3.8, 4) is 5.75 Å². The number of benzene rings is 2. The summed E-state index contributed by atoms with van der Waals surface area (Å²) in [6.07, 6.45) is 2.37. The molecule has 1 aliphatic heterocycles. The number of thioether (sulfide) groups is 1. The third-order valence-electron chi connectivity index (χ3n) is 4.79. The lowest BCUT2D eigenvalue weighted by Gasteiger charge is -2.14. The second-order valence-corrected chi connectivity index (χ2v) is 7.90. The Morgan fingerprint density at radius 3 is 2.97 bits per heavy atom. The van der Waals surface area contributed by atoms with Crippen LogP contribution >= 0.6 is 11.8 Å². The van der Waals surface area contributed by atoms with E-state index in [1.165, 1.54) is 11.8 Å². The lowest BCUT2D eigenvalue weighted by molar-refractivity contribution is -0.113. The van der Waals surface area contributed by atoms with Crippen molar-refractivity contribution in [1.29, 1.82) is 0 Å². The molecule has 0 radical (unpaired) electrons. The Balaban J connectivity index is 1.43. The average molecular weight is 425 g/mol. The highest BCUT2D eigenvalue weighted by atomic mass is 32.2. The second-order valence-electron chi connectivity index (χ2n) is 6.96. The second kappa shape index (κ2) is 9.77. The van der Waals surface area contributed by atoms with E-state index in [1.807, 2.05) is 42.5 Å². The van der Waals surface area contributed by atoms with Gasteiger partial charge in [0.2, 0.25) is 5.91 Å². The number of nitrogens with zero attached hydrogens (tertiary/aromatic N) is 2. The number of carbonyl (C=O) groups excluding carboxylic acids is 1. The normalized spacial score (nSPS) is 15.8. The van der Waals surface area contributed by atoms with Gasteiger partial charge in [-0.25, -0.2) is 9.97 Å². The Labute approximate surface area is 179 Å². The Morgan fingerprint density at radius 1 is 1.23 bits per heavy atom. The van der Waals surface area contributed by atoms with E-state index >= 15 is 0 Å². The summed E-state index contributed by atoms with van der Waals surface area (Å²) in [5.74, 6) is 1.55. The van der Waals surface area contributed by atoms with Crippen molar-refractivity contribution in [1.82, 2.24) is 9.97 Å². The lowest BCUT2D eigenvalue weighted by atomic mass is 10.2. The van der Waals surface area contributed by atoms with Crippen LogP contribution in [0.3, 0.4) is 0 Å². The van der Waals surface area contributed by atoms with Crippen LogP contribution in [-0.4, -0.2) is 48.0 Å². The highest BCUT2D eigenvalue weighted by Gasteiger charge is 2.16. The van der Waals surface area contributed by atoms with Crippen LogP contribution in [-0.2, 0) is 9.53 Å². The van der Waals surface area contributed by atoms with Gasteiger partial charge in [0.25, 0.3) is 0 Å². The molecule has 0 bridgehead atoms. The van der Waals surface area contributed by atoms with Crippen LogP contribution < -0.4 is 15.4 Å². The van der Waals surface area contributed by atoms with Crippen molar-refractivity contribution in [3.63, 3.8) is 0 Å². The van der Waals surface area contributed by atoms with Crippen LogP contribution in [0.5, 0.6) is 5.75 Å². The van der Waals surface area contributed by atoms with Crippen molar-refractivity contribution in [2.24, 2.45) is 0 Å². The largest absolute Gasteiger partial charge is 0.497 e. The average Bonchev–Trinajstić information content (AvgIpc) is 3.30. The van der Waals surface area contributed by atoms with E-state index in [9.17, 15) is 4.79 Å². The Hall–Kier alpha value is -2.84. The molecule has 1 aliphatic rings. The molecule has 30 heavy (non-hydrogen) atoms. The fourth-order valence-corrected chi connectivity index (χ4v) is 3.95. The number of ether oxygens (including phenoxy) is 2. The van der Waals surface area contributed by atoms with Gasteiger partial charge in [-0.15, -0.1) is 0 Å². The summed E-state index contributed by atoms with van der Waals surface area (Å²) in [5.41, 5.74) is 1.54. The molecule has 2 aromatic carbocycles. The number of methoxy groups -OCH3 is 1. The molecule has 1 amide bonds. The summed E-state index contributed by atoms with van der Waals surface area (Å²) in [5, 5.41) is 7.80. The molecule has 8 heteroatoms. The maximum atomic E-state index is 12.4. The molecule has 0 spiro atoms. The molecule has 1 fully saturated rings. The zero-order valence-corrected chi connectivity index (χ0v) is 17.6. The van der Waals surface area contributed by atoms with Gasteiger partial charge in [0, 0.05) is 30.3 Å². The predicted molar refractivity (Wildman–Crippen MR) is 119 cm³/mol. The van der Waals surface area contributed by atoms with Gasteiger partial charge in [-0.2, -0.15) is 0 Å². The Kier molecular flexibility index (Phi) is 6.66. The fraction of sp³-hybridized carbons (Fsp3) is 0.318. The van der Waals surface area contributed by atoms with Gasteiger partial charge in [0.1, 0.15) is 11.6 Å². The van der Waals surface area contributed by atoms with Gasteiger partial charge in [-0.05, 0) is 37.1 Å². The standard InChI is InChI=1S/C22H24N4O3S/c1-28-16-7-4-6-15(12-16)24-20(27)14-30-22-25-19-10-3-2-9-18(19)21(26-22)23-13-17-8-5-11-29-17/h2-4,6-7,9-10,12,17H,5,8,11,13-14H2,1H3,(H,24,27)(H,23,25,26). The number of hydrogen-bond acceptors (Lipinski definition) is 7. The first-order chi connectivity index (χ1) is 14.7. The fourth-order valence-electron chi connectivity index (χ4n) is 3.30. The van der Waals surface area contributed by atoms with E-state index in [1.54, 1.807) is 13.2 Å². The zero-order valence-electron chi connectivity index (χ0n) is 16.8. The quantitative estimate of drug-likeness (QED) is 0.418. The van der Waals surface area contributed by atoms with E-state index in [2.05, 4.69) is 20.6 Å². The van der Waals surface area contributed by atoms with Crippen molar-refractivity contribution < 1.29 is 14.3 Å². The molecule has 156 valence electrons. The molecule has 7 nitrogen and oxygen atoms in total. The third-order valence-corrected chi connectivity index (χ3v) is 5.64. The van der Waals surface area contributed by atoms with Gasteiger partial charge in [-0.3, -0.25) is 4.79 Å². The summed E-state index contributed by atoms with van der Waals surface area (Å²) in [6, 6.07) is 15.1. The summed E-state index contributed by atoms with van der Waals surface area (Å²) < 4.78 is 10.9. The smallest absolute Gasteiger partial charge is 0.234 e. The van der Waals surface area contributed by atoms with E-state index in [0.29, 0.717) is 23.1 Å². The number of fused-ring (bicyclic) bond motifs is 1. The molecule has 0 aliphatic carbocycles. The number of anilines is 2. The van der Waals surface area contributed by atoms with E-state index < -0.39 is 0 Å². The van der Waals surface area contributed by atoms with Crippen molar-refractivity contribution in [2.75, 3.05) is 36.6 Å². The number of amides is 1. The molecular formula is C22H24N4O3S. The highest BCUT2D eigenvalue weighted by molar-refractivity contribution is 7.99. The van der Waals surface area contributed by atoms with Crippen LogP contribution in [0.25, 0.3) is 10.9 Å². The van der Waals surface area contributed by atoms with Crippen LogP contribution in [0.2, 0.25) is 0 Å². The molecule has 4 rings (SSSR count). The maximum absolute atomic E-state index is 12.4. The first kappa shape index (κ1) is 20.4. The number of carbonyl (C=O) groups is 1. The molecule has 3 aromatic rings. The van der Waals surface area contributed by atoms with Crippen molar-refractivity contribution in [2.45, 2.75) is 24.1 Å². The van der Waals surface area contributed by atoms with Gasteiger partial charge in [-0.1, -0.05) is 30.0 Å². The topological polar surface area (TPSA) is 85.4 Å². The minimum absolute atomic E-state index is 0.126. The van der Waals surface area contributed by atoms with Gasteiger partial charge in [0.05, 0.1) is 24.5 Å². The minimum atomic E-state index is -0.126. The summed E-state index contributed by atoms with van der Waals surface area (Å²) >= 11 is 1.31. The minimum Gasteiger partial charge on any atom is -0.497 e. The van der Waals surface area contributed by atoms with E-state index in [4.69, 9.17) is 9.47 Å². The highest BCUT2D eigenvalue weighted by Crippen LogP contribution is 2.25. The molecule has 0 saturated carbocycles. The molecular weight excluding hydrogens is 400 g/mol. The maximum Gasteiger partial charge on any atom is 0.234 e. The Bertz CT molecular complexity index is 1020. The van der Waals surface area contributed by atoms with E-state index in [0.717, 1.165) is 36.2 Å². The van der Waals surface area contributed by atoms with Crippen LogP contribution in [0.15, 0.2) is 53.7 Å². The van der Waals surface area contributed by atoms with Gasteiger partial charge < -0.3 is 20.1 Å². The molecule has 2 heterocycles. The number of aromatic nitrogens is 2. The van der Waals surface area contributed by atoms with Crippen LogP contribution in [0.1, 0.15) is 12.8 Å². The molecule has 2 N–H and O–H groups in total. The Morgan fingerprint density at radius 2 is 2.13 bits per heavy atom. The lowest BCUT2D eigenvalue weighted by Crippen LogP contribution is -2.19. The first-order valence-corrected chi connectivity index (χ1v) is 10.9. The third kappa shape index (κ3) is 5.20. The van der Waals surface area contributed by atoms with Gasteiger partial charge in [0.15, 0.2) is 5.16 Å². The summed E-state index contributed by atoms with van der Waals surface area (Å²) in [4.78, 5) is 21.6. The van der Waals surface area contributed by atoms with E-state index in [-0.39, 0.29) is 17.8 Å². The monoisotopic (exact) mass is 424 g/mol. The first-order valence-electron chi connectivity index (χ1n) is 9.90. The predicted octanol–water partition coefficient (Wildman–Crippen LogP) is 3.96.